The lowest BCUT2D eigenvalue weighted by Crippen LogP contribution is -2.27. The van der Waals surface area contributed by atoms with Gasteiger partial charge in [-0.3, -0.25) is 9.20 Å². The Morgan fingerprint density at radius 3 is 3.00 bits per heavy atom. The molecule has 1 atom stereocenters. The van der Waals surface area contributed by atoms with Gasteiger partial charge in [0.25, 0.3) is 0 Å². The van der Waals surface area contributed by atoms with E-state index in [0.717, 1.165) is 25.0 Å². The summed E-state index contributed by atoms with van der Waals surface area (Å²) in [5.41, 5.74) is 1.17. The number of pyridine rings is 1. The van der Waals surface area contributed by atoms with Gasteiger partial charge in [0, 0.05) is 18.2 Å². The van der Waals surface area contributed by atoms with Crippen molar-refractivity contribution in [1.29, 1.82) is 0 Å². The zero-order valence-corrected chi connectivity index (χ0v) is 11.7. The maximum Gasteiger partial charge on any atom is 0.161 e. The first-order valence-corrected chi connectivity index (χ1v) is 8.39. The maximum atomic E-state index is 11.7. The Hall–Kier alpha value is -1.76. The number of sulfone groups is 1. The predicted octanol–water partition coefficient (Wildman–Crippen LogP) is 0.909. The van der Waals surface area contributed by atoms with Crippen molar-refractivity contribution >= 4 is 21.8 Å². The zero-order valence-electron chi connectivity index (χ0n) is 10.9. The SMILES string of the molecule is O=Cc1ccn2c(CC3CCCS(=O)(=O)C3)nnc2c1. The van der Waals surface area contributed by atoms with Gasteiger partial charge in [0.2, 0.25) is 0 Å². The molecule has 2 aromatic heterocycles. The minimum atomic E-state index is -2.90. The second kappa shape index (κ2) is 4.97. The number of carbonyl (C=O) groups is 1. The predicted molar refractivity (Wildman–Crippen MR) is 73.5 cm³/mol. The molecule has 0 aromatic carbocycles. The van der Waals surface area contributed by atoms with Crippen LogP contribution in [0.2, 0.25) is 0 Å². The molecule has 7 heteroatoms. The molecule has 0 bridgehead atoms. The highest BCUT2D eigenvalue weighted by atomic mass is 32.2. The minimum absolute atomic E-state index is 0.104. The number of aldehydes is 1. The molecule has 2 aromatic rings. The third-order valence-electron chi connectivity index (χ3n) is 3.67. The lowest BCUT2D eigenvalue weighted by Gasteiger charge is -2.20. The Bertz CT molecular complexity index is 751. The van der Waals surface area contributed by atoms with Gasteiger partial charge in [0.05, 0.1) is 11.5 Å². The number of rotatable bonds is 3. The zero-order chi connectivity index (χ0) is 14.2. The van der Waals surface area contributed by atoms with Gasteiger partial charge in [-0.2, -0.15) is 0 Å². The van der Waals surface area contributed by atoms with E-state index in [9.17, 15) is 13.2 Å². The Morgan fingerprint density at radius 1 is 1.40 bits per heavy atom. The fourth-order valence-electron chi connectivity index (χ4n) is 2.71. The molecule has 3 rings (SSSR count). The molecule has 1 aliphatic rings. The van der Waals surface area contributed by atoms with Crippen molar-refractivity contribution in [2.45, 2.75) is 19.3 Å². The first-order valence-electron chi connectivity index (χ1n) is 6.57. The molecule has 0 N–H and O–H groups in total. The smallest absolute Gasteiger partial charge is 0.161 e. The van der Waals surface area contributed by atoms with Crippen LogP contribution in [0.3, 0.4) is 0 Å². The summed E-state index contributed by atoms with van der Waals surface area (Å²) in [6.45, 7) is 0. The Morgan fingerprint density at radius 2 is 2.25 bits per heavy atom. The summed E-state index contributed by atoms with van der Waals surface area (Å²) in [5, 5.41) is 8.15. The number of hydrogen-bond donors (Lipinski definition) is 0. The molecule has 0 saturated carbocycles. The normalized spacial score (nSPS) is 21.9. The van der Waals surface area contributed by atoms with Crippen molar-refractivity contribution in [2.24, 2.45) is 5.92 Å². The van der Waals surface area contributed by atoms with E-state index in [0.29, 0.717) is 23.4 Å². The highest BCUT2D eigenvalue weighted by Gasteiger charge is 2.26. The van der Waals surface area contributed by atoms with Crippen LogP contribution < -0.4 is 0 Å². The van der Waals surface area contributed by atoms with Gasteiger partial charge >= 0.3 is 0 Å². The van der Waals surface area contributed by atoms with Crippen molar-refractivity contribution in [3.8, 4) is 0 Å². The Balaban J connectivity index is 1.86. The molecule has 1 saturated heterocycles. The summed E-state index contributed by atoms with van der Waals surface area (Å²) in [5.74, 6) is 1.38. The third-order valence-corrected chi connectivity index (χ3v) is 5.56. The number of fused-ring (bicyclic) bond motifs is 1. The molecule has 20 heavy (non-hydrogen) atoms. The Labute approximate surface area is 116 Å². The quantitative estimate of drug-likeness (QED) is 0.786. The number of hydrogen-bond acceptors (Lipinski definition) is 5. The van der Waals surface area contributed by atoms with Gasteiger partial charge < -0.3 is 0 Å². The van der Waals surface area contributed by atoms with Crippen LogP contribution in [-0.4, -0.2) is 40.8 Å². The first kappa shape index (κ1) is 13.2. The lowest BCUT2D eigenvalue weighted by molar-refractivity contribution is 0.112. The van der Waals surface area contributed by atoms with Crippen LogP contribution in [0.25, 0.3) is 5.65 Å². The van der Waals surface area contributed by atoms with Crippen molar-refractivity contribution in [2.75, 3.05) is 11.5 Å². The standard InChI is InChI=1S/C13H15N3O3S/c17-8-10-3-4-16-12(6-10)14-15-13(16)7-11-2-1-5-20(18,19)9-11/h3-4,6,8,11H,1-2,5,7,9H2. The number of nitrogens with zero attached hydrogens (tertiary/aromatic N) is 3. The van der Waals surface area contributed by atoms with E-state index in [-0.39, 0.29) is 11.7 Å². The van der Waals surface area contributed by atoms with Gasteiger partial charge in [-0.25, -0.2) is 8.42 Å². The van der Waals surface area contributed by atoms with Gasteiger partial charge in [0.1, 0.15) is 12.1 Å². The highest BCUT2D eigenvalue weighted by Crippen LogP contribution is 2.22. The van der Waals surface area contributed by atoms with Crippen LogP contribution in [0.5, 0.6) is 0 Å². The molecule has 3 heterocycles. The van der Waals surface area contributed by atoms with Crippen LogP contribution in [0.1, 0.15) is 29.0 Å². The average Bonchev–Trinajstić information content (AvgIpc) is 2.80. The van der Waals surface area contributed by atoms with Crippen LogP contribution in [0, 0.1) is 5.92 Å². The Kier molecular flexibility index (Phi) is 3.29. The topological polar surface area (TPSA) is 81.4 Å². The van der Waals surface area contributed by atoms with Gasteiger partial charge in [0.15, 0.2) is 15.5 Å². The van der Waals surface area contributed by atoms with Crippen LogP contribution in [0.15, 0.2) is 18.3 Å². The minimum Gasteiger partial charge on any atom is -0.298 e. The largest absolute Gasteiger partial charge is 0.298 e. The van der Waals surface area contributed by atoms with Crippen LogP contribution in [0.4, 0.5) is 0 Å². The fraction of sp³-hybridized carbons (Fsp3) is 0.462. The van der Waals surface area contributed by atoms with E-state index < -0.39 is 9.84 Å². The maximum absolute atomic E-state index is 11.7. The van der Waals surface area contributed by atoms with E-state index >= 15 is 0 Å². The second-order valence-corrected chi connectivity index (χ2v) is 7.48. The average molecular weight is 293 g/mol. The molecule has 1 aliphatic heterocycles. The molecule has 0 aliphatic carbocycles. The van der Waals surface area contributed by atoms with Gasteiger partial charge in [-0.1, -0.05) is 0 Å². The third kappa shape index (κ3) is 2.58. The fourth-order valence-corrected chi connectivity index (χ4v) is 4.48. The van der Waals surface area contributed by atoms with E-state index in [1.165, 1.54) is 0 Å². The molecule has 6 nitrogen and oxygen atoms in total. The molecule has 1 fully saturated rings. The van der Waals surface area contributed by atoms with E-state index in [2.05, 4.69) is 10.2 Å². The summed E-state index contributed by atoms with van der Waals surface area (Å²) in [7, 11) is -2.90. The summed E-state index contributed by atoms with van der Waals surface area (Å²) in [6, 6.07) is 3.37. The molecule has 1 unspecified atom stereocenters. The summed E-state index contributed by atoms with van der Waals surface area (Å²) >= 11 is 0. The van der Waals surface area contributed by atoms with Gasteiger partial charge in [-0.05, 0) is 30.9 Å². The monoisotopic (exact) mass is 293 g/mol. The number of carbonyl (C=O) groups excluding carboxylic acids is 1. The first-order chi connectivity index (χ1) is 9.57. The van der Waals surface area contributed by atoms with Crippen molar-refractivity contribution in [1.82, 2.24) is 14.6 Å². The van der Waals surface area contributed by atoms with Crippen molar-refractivity contribution in [3.63, 3.8) is 0 Å². The molecular formula is C13H15N3O3S. The van der Waals surface area contributed by atoms with Crippen LogP contribution in [-0.2, 0) is 16.3 Å². The van der Waals surface area contributed by atoms with Crippen molar-refractivity contribution < 1.29 is 13.2 Å². The van der Waals surface area contributed by atoms with Gasteiger partial charge in [-0.15, -0.1) is 10.2 Å². The summed E-state index contributed by atoms with van der Waals surface area (Å²) in [6.07, 6.45) is 4.74. The molecule has 106 valence electrons. The summed E-state index contributed by atoms with van der Waals surface area (Å²) in [4.78, 5) is 10.7. The molecule has 0 amide bonds. The van der Waals surface area contributed by atoms with E-state index in [1.807, 2.05) is 4.40 Å². The summed E-state index contributed by atoms with van der Waals surface area (Å²) < 4.78 is 25.1. The van der Waals surface area contributed by atoms with Crippen LogP contribution >= 0.6 is 0 Å². The van der Waals surface area contributed by atoms with E-state index in [1.54, 1.807) is 18.3 Å². The second-order valence-electron chi connectivity index (χ2n) is 5.25. The molecule has 0 spiro atoms. The van der Waals surface area contributed by atoms with Crippen molar-refractivity contribution in [3.05, 3.63) is 29.7 Å². The highest BCUT2D eigenvalue weighted by molar-refractivity contribution is 7.91. The molecular weight excluding hydrogens is 278 g/mol. The number of aromatic nitrogens is 3. The van der Waals surface area contributed by atoms with E-state index in [4.69, 9.17) is 0 Å². The lowest BCUT2D eigenvalue weighted by atomic mass is 10.0. The molecule has 0 radical (unpaired) electrons.